The van der Waals surface area contributed by atoms with Crippen LogP contribution in [0.3, 0.4) is 0 Å². The SMILES string of the molecule is CC(Cl)Cc1cc(F)ccc1[N+](=O)[O-]. The number of alkyl halides is 1. The van der Waals surface area contributed by atoms with Crippen molar-refractivity contribution in [3.05, 3.63) is 39.7 Å². The Kier molecular flexibility index (Phi) is 3.41. The van der Waals surface area contributed by atoms with Crippen LogP contribution < -0.4 is 0 Å². The molecule has 0 fully saturated rings. The first-order valence-corrected chi connectivity index (χ1v) is 4.51. The largest absolute Gasteiger partial charge is 0.272 e. The van der Waals surface area contributed by atoms with Gasteiger partial charge in [-0.3, -0.25) is 10.1 Å². The van der Waals surface area contributed by atoms with Crippen molar-refractivity contribution in [3.8, 4) is 0 Å². The van der Waals surface area contributed by atoms with E-state index in [1.807, 2.05) is 0 Å². The molecule has 0 bridgehead atoms. The molecule has 0 aromatic heterocycles. The van der Waals surface area contributed by atoms with Crippen molar-refractivity contribution in [2.75, 3.05) is 0 Å². The Bertz CT molecular complexity index is 355. The average Bonchev–Trinajstić information content (AvgIpc) is 2.01. The van der Waals surface area contributed by atoms with Crippen molar-refractivity contribution in [1.29, 1.82) is 0 Å². The zero-order valence-corrected chi connectivity index (χ0v) is 8.29. The summed E-state index contributed by atoms with van der Waals surface area (Å²) in [5, 5.41) is 10.3. The number of benzene rings is 1. The molecule has 0 radical (unpaired) electrons. The van der Waals surface area contributed by atoms with Crippen LogP contribution >= 0.6 is 11.6 Å². The Hall–Kier alpha value is -1.16. The second-order valence-electron chi connectivity index (χ2n) is 3.02. The van der Waals surface area contributed by atoms with E-state index in [0.29, 0.717) is 5.56 Å². The summed E-state index contributed by atoms with van der Waals surface area (Å²) in [4.78, 5) is 10.0. The fourth-order valence-corrected chi connectivity index (χ4v) is 1.36. The van der Waals surface area contributed by atoms with Crippen molar-refractivity contribution < 1.29 is 9.31 Å². The first-order valence-electron chi connectivity index (χ1n) is 4.07. The Morgan fingerprint density at radius 2 is 2.29 bits per heavy atom. The Balaban J connectivity index is 3.09. The van der Waals surface area contributed by atoms with Crippen LogP contribution in [0.15, 0.2) is 18.2 Å². The Morgan fingerprint density at radius 1 is 1.64 bits per heavy atom. The van der Waals surface area contributed by atoms with E-state index in [-0.39, 0.29) is 17.5 Å². The molecular weight excluding hydrogens is 209 g/mol. The van der Waals surface area contributed by atoms with E-state index in [4.69, 9.17) is 11.6 Å². The van der Waals surface area contributed by atoms with Gasteiger partial charge < -0.3 is 0 Å². The standard InChI is InChI=1S/C9H9ClFNO2/c1-6(10)4-7-5-8(11)2-3-9(7)12(13)14/h2-3,5-6H,4H2,1H3. The summed E-state index contributed by atoms with van der Waals surface area (Å²) in [6, 6.07) is 3.38. The number of rotatable bonds is 3. The summed E-state index contributed by atoms with van der Waals surface area (Å²) >= 11 is 5.70. The Labute approximate surface area is 85.6 Å². The number of nitro groups is 1. The molecule has 14 heavy (non-hydrogen) atoms. The van der Waals surface area contributed by atoms with Gasteiger partial charge in [0.25, 0.3) is 5.69 Å². The summed E-state index contributed by atoms with van der Waals surface area (Å²) in [6.07, 6.45) is 0.287. The maximum atomic E-state index is 12.8. The van der Waals surface area contributed by atoms with Gasteiger partial charge in [0.2, 0.25) is 0 Å². The molecule has 1 unspecified atom stereocenters. The van der Waals surface area contributed by atoms with Gasteiger partial charge in [-0.1, -0.05) is 0 Å². The molecule has 1 aromatic carbocycles. The minimum atomic E-state index is -0.534. The number of hydrogen-bond donors (Lipinski definition) is 0. The summed E-state index contributed by atoms with van der Waals surface area (Å²) in [7, 11) is 0. The third kappa shape index (κ3) is 2.67. The van der Waals surface area contributed by atoms with Crippen LogP contribution in [0.25, 0.3) is 0 Å². The van der Waals surface area contributed by atoms with Gasteiger partial charge >= 0.3 is 0 Å². The van der Waals surface area contributed by atoms with E-state index in [2.05, 4.69) is 0 Å². The molecule has 0 saturated carbocycles. The highest BCUT2D eigenvalue weighted by atomic mass is 35.5. The summed E-state index contributed by atoms with van der Waals surface area (Å²) in [5.41, 5.74) is 0.247. The van der Waals surface area contributed by atoms with Gasteiger partial charge in [0, 0.05) is 17.0 Å². The van der Waals surface area contributed by atoms with Crippen LogP contribution in [0.4, 0.5) is 10.1 Å². The lowest BCUT2D eigenvalue weighted by atomic mass is 10.1. The number of nitro benzene ring substituents is 1. The molecular formula is C9H9ClFNO2. The highest BCUT2D eigenvalue weighted by molar-refractivity contribution is 6.20. The molecule has 0 saturated heterocycles. The van der Waals surface area contributed by atoms with Crippen LogP contribution in [0, 0.1) is 15.9 Å². The Morgan fingerprint density at radius 3 is 2.79 bits per heavy atom. The second kappa shape index (κ2) is 4.37. The van der Waals surface area contributed by atoms with Gasteiger partial charge in [-0.2, -0.15) is 0 Å². The highest BCUT2D eigenvalue weighted by Gasteiger charge is 2.15. The van der Waals surface area contributed by atoms with Crippen molar-refractivity contribution >= 4 is 17.3 Å². The van der Waals surface area contributed by atoms with E-state index in [1.165, 1.54) is 0 Å². The van der Waals surface area contributed by atoms with Crippen LogP contribution in [0.2, 0.25) is 0 Å². The fraction of sp³-hybridized carbons (Fsp3) is 0.333. The molecule has 0 aliphatic carbocycles. The third-order valence-electron chi connectivity index (χ3n) is 1.74. The van der Waals surface area contributed by atoms with Crippen LogP contribution in [0.5, 0.6) is 0 Å². The predicted molar refractivity (Wildman–Crippen MR) is 52.1 cm³/mol. The van der Waals surface area contributed by atoms with Gasteiger partial charge in [-0.15, -0.1) is 11.6 Å². The normalized spacial score (nSPS) is 12.5. The van der Waals surface area contributed by atoms with Crippen molar-refractivity contribution in [1.82, 2.24) is 0 Å². The number of hydrogen-bond acceptors (Lipinski definition) is 2. The molecule has 0 amide bonds. The van der Waals surface area contributed by atoms with Crippen molar-refractivity contribution in [3.63, 3.8) is 0 Å². The highest BCUT2D eigenvalue weighted by Crippen LogP contribution is 2.22. The van der Waals surface area contributed by atoms with E-state index in [1.54, 1.807) is 6.92 Å². The lowest BCUT2D eigenvalue weighted by molar-refractivity contribution is -0.385. The summed E-state index contributed by atoms with van der Waals surface area (Å²) in [5.74, 6) is -0.483. The molecule has 1 aromatic rings. The van der Waals surface area contributed by atoms with E-state index in [9.17, 15) is 14.5 Å². The minimum absolute atomic E-state index is 0.0844. The van der Waals surface area contributed by atoms with Gasteiger partial charge in [0.1, 0.15) is 5.82 Å². The van der Waals surface area contributed by atoms with Crippen molar-refractivity contribution in [2.45, 2.75) is 18.7 Å². The predicted octanol–water partition coefficient (Wildman–Crippen LogP) is 2.90. The van der Waals surface area contributed by atoms with Crippen LogP contribution in [0.1, 0.15) is 12.5 Å². The molecule has 0 spiro atoms. The fourth-order valence-electron chi connectivity index (χ4n) is 1.20. The molecule has 0 aliphatic heterocycles. The molecule has 0 aliphatic rings. The van der Waals surface area contributed by atoms with E-state index >= 15 is 0 Å². The van der Waals surface area contributed by atoms with Gasteiger partial charge in [-0.25, -0.2) is 4.39 Å². The van der Waals surface area contributed by atoms with Gasteiger partial charge in [0.05, 0.1) is 4.92 Å². The summed E-state index contributed by atoms with van der Waals surface area (Å²) < 4.78 is 12.8. The number of nitrogens with zero attached hydrogens (tertiary/aromatic N) is 1. The molecule has 0 N–H and O–H groups in total. The molecule has 3 nitrogen and oxygen atoms in total. The van der Waals surface area contributed by atoms with Gasteiger partial charge in [-0.05, 0) is 25.5 Å². The second-order valence-corrected chi connectivity index (χ2v) is 3.76. The maximum absolute atomic E-state index is 12.8. The molecule has 1 rings (SSSR count). The molecule has 0 heterocycles. The third-order valence-corrected chi connectivity index (χ3v) is 1.89. The zero-order chi connectivity index (χ0) is 10.7. The van der Waals surface area contributed by atoms with Gasteiger partial charge in [0.15, 0.2) is 0 Å². The van der Waals surface area contributed by atoms with E-state index in [0.717, 1.165) is 18.2 Å². The van der Waals surface area contributed by atoms with Crippen LogP contribution in [-0.4, -0.2) is 10.3 Å². The number of halogens is 2. The average molecular weight is 218 g/mol. The lowest BCUT2D eigenvalue weighted by Crippen LogP contribution is -2.02. The van der Waals surface area contributed by atoms with Crippen LogP contribution in [-0.2, 0) is 6.42 Å². The quantitative estimate of drug-likeness (QED) is 0.444. The maximum Gasteiger partial charge on any atom is 0.272 e. The topological polar surface area (TPSA) is 43.1 Å². The minimum Gasteiger partial charge on any atom is -0.258 e. The first-order chi connectivity index (χ1) is 6.50. The smallest absolute Gasteiger partial charge is 0.258 e. The molecule has 76 valence electrons. The van der Waals surface area contributed by atoms with E-state index < -0.39 is 10.7 Å². The summed E-state index contributed by atoms with van der Waals surface area (Å²) in [6.45, 7) is 1.70. The molecule has 1 atom stereocenters. The molecule has 5 heteroatoms. The van der Waals surface area contributed by atoms with Crippen molar-refractivity contribution in [2.24, 2.45) is 0 Å². The first kappa shape index (κ1) is 10.9. The zero-order valence-electron chi connectivity index (χ0n) is 7.54. The monoisotopic (exact) mass is 217 g/mol. The lowest BCUT2D eigenvalue weighted by Gasteiger charge is -2.04.